The van der Waals surface area contributed by atoms with E-state index in [1.165, 1.54) is 0 Å². The first-order valence-corrected chi connectivity index (χ1v) is 8.49. The monoisotopic (exact) mass is 297 g/mol. The molecule has 0 amide bonds. The fourth-order valence-corrected chi connectivity index (χ4v) is 3.49. The number of esters is 1. The van der Waals surface area contributed by atoms with Crippen LogP contribution in [0, 0.1) is 11.8 Å². The third kappa shape index (κ3) is 5.26. The lowest BCUT2D eigenvalue weighted by Gasteiger charge is -2.31. The number of nitrogens with one attached hydrogen (secondary N) is 1. The molecule has 0 spiro atoms. The number of ether oxygens (including phenoxy) is 1. The van der Waals surface area contributed by atoms with Crippen molar-refractivity contribution in [2.45, 2.75) is 83.5 Å². The maximum atomic E-state index is 12.1. The van der Waals surface area contributed by atoms with Crippen molar-refractivity contribution in [3.05, 3.63) is 0 Å². The maximum absolute atomic E-state index is 12.1. The number of hydrogen-bond acceptors (Lipinski definition) is 4. The Labute approximate surface area is 128 Å². The van der Waals surface area contributed by atoms with Crippen LogP contribution in [0.5, 0.6) is 0 Å². The summed E-state index contributed by atoms with van der Waals surface area (Å²) in [5.41, 5.74) is -0.384. The molecule has 2 aliphatic rings. The molecule has 2 atom stereocenters. The Kier molecular flexibility index (Phi) is 5.67. The molecule has 2 N–H and O–H groups in total. The molecular weight excluding hydrogens is 266 g/mol. The van der Waals surface area contributed by atoms with Gasteiger partial charge in [0.2, 0.25) is 0 Å². The first-order valence-electron chi connectivity index (χ1n) is 8.49. The van der Waals surface area contributed by atoms with Crippen molar-refractivity contribution in [2.75, 3.05) is 6.54 Å². The van der Waals surface area contributed by atoms with Gasteiger partial charge in [-0.25, -0.2) is 0 Å². The van der Waals surface area contributed by atoms with Crippen LogP contribution in [0.2, 0.25) is 0 Å². The molecule has 4 nitrogen and oxygen atoms in total. The summed E-state index contributed by atoms with van der Waals surface area (Å²) < 4.78 is 5.48. The van der Waals surface area contributed by atoms with Gasteiger partial charge in [0.05, 0.1) is 12.0 Å². The van der Waals surface area contributed by atoms with Crippen LogP contribution >= 0.6 is 0 Å². The number of carbonyl (C=O) groups is 1. The van der Waals surface area contributed by atoms with Gasteiger partial charge in [0.15, 0.2) is 0 Å². The summed E-state index contributed by atoms with van der Waals surface area (Å²) in [6, 6.07) is 0.497. The van der Waals surface area contributed by atoms with E-state index < -0.39 is 0 Å². The first-order chi connectivity index (χ1) is 9.85. The summed E-state index contributed by atoms with van der Waals surface area (Å²) >= 11 is 0. The zero-order valence-electron chi connectivity index (χ0n) is 13.7. The molecule has 0 heterocycles. The number of aliphatic hydroxyl groups is 1. The highest BCUT2D eigenvalue weighted by Gasteiger charge is 2.31. The molecule has 122 valence electrons. The molecule has 0 bridgehead atoms. The lowest BCUT2D eigenvalue weighted by molar-refractivity contribution is -0.161. The van der Waals surface area contributed by atoms with Crippen LogP contribution in [-0.4, -0.2) is 35.4 Å². The molecular formula is C17H31NO3. The Morgan fingerprint density at radius 2 is 1.81 bits per heavy atom. The quantitative estimate of drug-likeness (QED) is 0.783. The molecule has 21 heavy (non-hydrogen) atoms. The van der Waals surface area contributed by atoms with Gasteiger partial charge in [-0.1, -0.05) is 6.42 Å². The van der Waals surface area contributed by atoms with E-state index in [0.717, 1.165) is 51.5 Å². The molecule has 4 heteroatoms. The zero-order valence-corrected chi connectivity index (χ0v) is 13.7. The standard InChI is InChI=1S/C17H31NO3/c1-17(2,3)21-16(20)12-7-9-14(10-8-12)18-11-13-5-4-6-15(13)19/h12-15,18-19H,4-11H2,1-3H3. The Bertz CT molecular complexity index is 342. The highest BCUT2D eigenvalue weighted by molar-refractivity contribution is 5.73. The van der Waals surface area contributed by atoms with Crippen molar-refractivity contribution in [1.82, 2.24) is 5.32 Å². The van der Waals surface area contributed by atoms with E-state index in [-0.39, 0.29) is 23.6 Å². The van der Waals surface area contributed by atoms with Crippen molar-refractivity contribution in [1.29, 1.82) is 0 Å². The Morgan fingerprint density at radius 1 is 1.14 bits per heavy atom. The van der Waals surface area contributed by atoms with Gasteiger partial charge in [-0.05, 0) is 65.2 Å². The van der Waals surface area contributed by atoms with Crippen LogP contribution < -0.4 is 5.32 Å². The minimum atomic E-state index is -0.384. The molecule has 0 radical (unpaired) electrons. The normalized spacial score (nSPS) is 33.9. The highest BCUT2D eigenvalue weighted by Crippen LogP contribution is 2.28. The van der Waals surface area contributed by atoms with Crippen LogP contribution in [0.1, 0.15) is 65.7 Å². The molecule has 2 aliphatic carbocycles. The van der Waals surface area contributed by atoms with Crippen molar-refractivity contribution in [3.63, 3.8) is 0 Å². The van der Waals surface area contributed by atoms with E-state index in [4.69, 9.17) is 4.74 Å². The third-order valence-corrected chi connectivity index (χ3v) is 4.75. The molecule has 2 fully saturated rings. The number of aliphatic hydroxyl groups excluding tert-OH is 1. The summed E-state index contributed by atoms with van der Waals surface area (Å²) in [6.45, 7) is 6.68. The van der Waals surface area contributed by atoms with E-state index in [1.807, 2.05) is 20.8 Å². The van der Waals surface area contributed by atoms with E-state index in [0.29, 0.717) is 12.0 Å². The van der Waals surface area contributed by atoms with Gasteiger partial charge < -0.3 is 15.2 Å². The maximum Gasteiger partial charge on any atom is 0.309 e. The summed E-state index contributed by atoms with van der Waals surface area (Å²) in [6.07, 6.45) is 7.03. The SMILES string of the molecule is CC(C)(C)OC(=O)C1CCC(NCC2CCCC2O)CC1. The van der Waals surface area contributed by atoms with Crippen LogP contribution in [0.3, 0.4) is 0 Å². The van der Waals surface area contributed by atoms with Gasteiger partial charge in [0.1, 0.15) is 5.60 Å². The van der Waals surface area contributed by atoms with Gasteiger partial charge in [0, 0.05) is 12.6 Å². The van der Waals surface area contributed by atoms with E-state index >= 15 is 0 Å². The third-order valence-electron chi connectivity index (χ3n) is 4.75. The van der Waals surface area contributed by atoms with E-state index in [9.17, 15) is 9.90 Å². The predicted octanol–water partition coefficient (Wildman–Crippen LogP) is 2.64. The molecule has 0 aromatic rings. The second-order valence-corrected chi connectivity index (χ2v) is 7.75. The molecule has 0 saturated heterocycles. The predicted molar refractivity (Wildman–Crippen MR) is 82.9 cm³/mol. The van der Waals surface area contributed by atoms with Gasteiger partial charge in [0.25, 0.3) is 0 Å². The minimum Gasteiger partial charge on any atom is -0.460 e. The van der Waals surface area contributed by atoms with Crippen molar-refractivity contribution >= 4 is 5.97 Å². The van der Waals surface area contributed by atoms with Crippen LogP contribution in [-0.2, 0) is 9.53 Å². The number of carbonyl (C=O) groups excluding carboxylic acids is 1. The average molecular weight is 297 g/mol. The highest BCUT2D eigenvalue weighted by atomic mass is 16.6. The molecule has 2 rings (SSSR count). The first kappa shape index (κ1) is 16.8. The lowest BCUT2D eigenvalue weighted by atomic mass is 9.85. The Balaban J connectivity index is 1.67. The number of hydrogen-bond donors (Lipinski definition) is 2. The van der Waals surface area contributed by atoms with Crippen molar-refractivity contribution in [3.8, 4) is 0 Å². The van der Waals surface area contributed by atoms with Gasteiger partial charge in [-0.15, -0.1) is 0 Å². The summed E-state index contributed by atoms with van der Waals surface area (Å²) in [4.78, 5) is 12.1. The van der Waals surface area contributed by atoms with Gasteiger partial charge in [-0.2, -0.15) is 0 Å². The number of rotatable bonds is 4. The van der Waals surface area contributed by atoms with Gasteiger partial charge >= 0.3 is 5.97 Å². The van der Waals surface area contributed by atoms with E-state index in [2.05, 4.69) is 5.32 Å². The van der Waals surface area contributed by atoms with Gasteiger partial charge in [-0.3, -0.25) is 4.79 Å². The summed E-state index contributed by atoms with van der Waals surface area (Å²) in [5.74, 6) is 0.458. The van der Waals surface area contributed by atoms with Crippen LogP contribution in [0.15, 0.2) is 0 Å². The second kappa shape index (κ2) is 7.10. The fourth-order valence-electron chi connectivity index (χ4n) is 3.49. The molecule has 2 saturated carbocycles. The molecule has 0 aromatic heterocycles. The van der Waals surface area contributed by atoms with Crippen molar-refractivity contribution in [2.24, 2.45) is 11.8 Å². The lowest BCUT2D eigenvalue weighted by Crippen LogP contribution is -2.40. The summed E-state index contributed by atoms with van der Waals surface area (Å²) in [5, 5.41) is 13.4. The minimum absolute atomic E-state index is 0.0350. The Morgan fingerprint density at radius 3 is 2.33 bits per heavy atom. The largest absolute Gasteiger partial charge is 0.460 e. The topological polar surface area (TPSA) is 58.6 Å². The van der Waals surface area contributed by atoms with Crippen LogP contribution in [0.25, 0.3) is 0 Å². The van der Waals surface area contributed by atoms with Crippen LogP contribution in [0.4, 0.5) is 0 Å². The smallest absolute Gasteiger partial charge is 0.309 e. The molecule has 0 aliphatic heterocycles. The average Bonchev–Trinajstić information content (AvgIpc) is 2.80. The second-order valence-electron chi connectivity index (χ2n) is 7.75. The van der Waals surface area contributed by atoms with E-state index in [1.54, 1.807) is 0 Å². The van der Waals surface area contributed by atoms with Crippen molar-refractivity contribution < 1.29 is 14.6 Å². The Hall–Kier alpha value is -0.610. The summed E-state index contributed by atoms with van der Waals surface area (Å²) in [7, 11) is 0. The molecule has 0 aromatic carbocycles. The fraction of sp³-hybridized carbons (Fsp3) is 0.941. The molecule has 2 unspecified atom stereocenters. The zero-order chi connectivity index (χ0) is 15.5.